The fourth-order valence-electron chi connectivity index (χ4n) is 3.83. The van der Waals surface area contributed by atoms with E-state index >= 15 is 0 Å². The summed E-state index contributed by atoms with van der Waals surface area (Å²) >= 11 is 8.01. The normalized spacial score (nSPS) is 11.5. The van der Waals surface area contributed by atoms with Gasteiger partial charge in [-0.2, -0.15) is 0 Å². The maximum Gasteiger partial charge on any atom is 0.311 e. The van der Waals surface area contributed by atoms with Gasteiger partial charge in [-0.15, -0.1) is 11.3 Å². The molecule has 3 N–H and O–H groups in total. The Bertz CT molecular complexity index is 1250. The third-order valence-electron chi connectivity index (χ3n) is 5.70. The number of esters is 1. The van der Waals surface area contributed by atoms with E-state index < -0.39 is 17.4 Å². The van der Waals surface area contributed by atoms with Crippen molar-refractivity contribution in [2.24, 2.45) is 17.6 Å². The van der Waals surface area contributed by atoms with Gasteiger partial charge >= 0.3 is 5.97 Å². The Balaban J connectivity index is 0.00000201. The monoisotopic (exact) mass is 601 g/mol. The molecule has 8 heteroatoms. The van der Waals surface area contributed by atoms with Crippen LogP contribution < -0.4 is 11.1 Å². The quantitative estimate of drug-likeness (QED) is 0.227. The summed E-state index contributed by atoms with van der Waals surface area (Å²) in [5, 5.41) is 4.85. The lowest BCUT2D eigenvalue weighted by Crippen LogP contribution is -2.33. The Morgan fingerprint density at radius 1 is 1.02 bits per heavy atom. The number of hydrogen-bond acceptors (Lipinski definition) is 6. The fourth-order valence-corrected chi connectivity index (χ4v) is 5.21. The molecule has 6 nitrogen and oxygen atoms in total. The van der Waals surface area contributed by atoms with Gasteiger partial charge in [-0.05, 0) is 75.8 Å². The van der Waals surface area contributed by atoms with Gasteiger partial charge in [0.2, 0.25) is 5.91 Å². The molecular formula is C33H48ClN3O3S. The molecule has 1 unspecified atom stereocenters. The lowest BCUT2D eigenvalue weighted by molar-refractivity contribution is -0.159. The molecule has 0 bridgehead atoms. The van der Waals surface area contributed by atoms with E-state index in [4.69, 9.17) is 27.1 Å². The summed E-state index contributed by atoms with van der Waals surface area (Å²) in [6.07, 6.45) is 1.34. The Morgan fingerprint density at radius 2 is 1.63 bits per heavy atom. The second-order valence-electron chi connectivity index (χ2n) is 10.7. The third-order valence-corrected chi connectivity index (χ3v) is 7.14. The Morgan fingerprint density at radius 3 is 2.15 bits per heavy atom. The van der Waals surface area contributed by atoms with Crippen molar-refractivity contribution >= 4 is 39.9 Å². The molecule has 0 aliphatic heterocycles. The number of carbonyl (C=O) groups excluding carboxylic acids is 2. The average Bonchev–Trinajstić information content (AvgIpc) is 3.31. The highest BCUT2D eigenvalue weighted by Gasteiger charge is 2.26. The lowest BCUT2D eigenvalue weighted by atomic mass is 9.98. The van der Waals surface area contributed by atoms with Crippen molar-refractivity contribution in [2.45, 2.75) is 87.7 Å². The summed E-state index contributed by atoms with van der Waals surface area (Å²) in [4.78, 5) is 30.6. The topological polar surface area (TPSA) is 94.3 Å². The van der Waals surface area contributed by atoms with E-state index in [1.54, 1.807) is 23.5 Å². The Kier molecular flexibility index (Phi) is 15.1. The summed E-state index contributed by atoms with van der Waals surface area (Å²) in [7, 11) is 0. The SMILES string of the molecule is CC.CC.Cc1ccc(-c2nc(NCC(Cc3ccc(C(N)=O)cc3)C(=O)OC(C)(C)C)sc2CC(C)C)cc1Cl. The number of nitrogens with one attached hydrogen (secondary N) is 1. The molecule has 2 aromatic carbocycles. The molecule has 1 atom stereocenters. The maximum absolute atomic E-state index is 13.1. The third kappa shape index (κ3) is 11.9. The molecule has 0 radical (unpaired) electrons. The van der Waals surface area contributed by atoms with Crippen molar-refractivity contribution < 1.29 is 14.3 Å². The highest BCUT2D eigenvalue weighted by atomic mass is 35.5. The first-order valence-corrected chi connectivity index (χ1v) is 15.6. The van der Waals surface area contributed by atoms with Crippen LogP contribution in [0.1, 0.15) is 88.7 Å². The number of hydrogen-bond donors (Lipinski definition) is 2. The zero-order chi connectivity index (χ0) is 31.3. The number of aryl methyl sites for hydroxylation is 1. The number of ether oxygens (including phenoxy) is 1. The maximum atomic E-state index is 13.1. The molecule has 0 aliphatic carbocycles. The number of halogens is 1. The molecular weight excluding hydrogens is 554 g/mol. The average molecular weight is 602 g/mol. The number of primary amides is 1. The summed E-state index contributed by atoms with van der Waals surface area (Å²) in [5.41, 5.74) is 9.02. The van der Waals surface area contributed by atoms with E-state index in [9.17, 15) is 9.59 Å². The molecule has 1 heterocycles. The van der Waals surface area contributed by atoms with E-state index in [-0.39, 0.29) is 5.97 Å². The number of rotatable bonds is 10. The van der Waals surface area contributed by atoms with E-state index in [2.05, 4.69) is 19.2 Å². The Hall–Kier alpha value is -2.90. The van der Waals surface area contributed by atoms with Gasteiger partial charge in [0.25, 0.3) is 0 Å². The molecule has 3 rings (SSSR count). The second kappa shape index (κ2) is 17.1. The minimum atomic E-state index is -0.603. The first kappa shape index (κ1) is 36.1. The van der Waals surface area contributed by atoms with Gasteiger partial charge in [-0.25, -0.2) is 4.98 Å². The first-order chi connectivity index (χ1) is 19.3. The first-order valence-electron chi connectivity index (χ1n) is 14.4. The van der Waals surface area contributed by atoms with Gasteiger partial charge < -0.3 is 15.8 Å². The molecule has 1 amide bonds. The number of aromatic nitrogens is 1. The van der Waals surface area contributed by atoms with E-state index in [1.807, 2.05) is 85.7 Å². The number of amides is 1. The van der Waals surface area contributed by atoms with Crippen molar-refractivity contribution in [1.29, 1.82) is 0 Å². The van der Waals surface area contributed by atoms with Gasteiger partial charge in [-0.3, -0.25) is 9.59 Å². The summed E-state index contributed by atoms with van der Waals surface area (Å²) < 4.78 is 5.71. The van der Waals surface area contributed by atoms with Gasteiger partial charge in [-0.1, -0.05) is 77.4 Å². The van der Waals surface area contributed by atoms with Crippen LogP contribution in [0.25, 0.3) is 11.3 Å². The van der Waals surface area contributed by atoms with Crippen molar-refractivity contribution in [3.8, 4) is 11.3 Å². The van der Waals surface area contributed by atoms with Crippen LogP contribution in [0.15, 0.2) is 42.5 Å². The molecule has 41 heavy (non-hydrogen) atoms. The van der Waals surface area contributed by atoms with Crippen LogP contribution in [0.3, 0.4) is 0 Å². The van der Waals surface area contributed by atoms with Crippen LogP contribution in [-0.2, 0) is 22.4 Å². The number of nitrogens with zero attached hydrogens (tertiary/aromatic N) is 1. The lowest BCUT2D eigenvalue weighted by Gasteiger charge is -2.24. The number of carbonyl (C=O) groups is 2. The molecule has 0 saturated carbocycles. The zero-order valence-electron chi connectivity index (χ0n) is 26.4. The van der Waals surface area contributed by atoms with Crippen LogP contribution in [0.5, 0.6) is 0 Å². The standard InChI is InChI=1S/C29H36ClN3O3S.2C2H6/c1-17(2)13-24-25(21-10-7-18(3)23(30)15-21)33-28(37-24)32-16-22(27(35)36-29(4,5)6)14-19-8-11-20(12-9-19)26(31)34;2*1-2/h7-12,15,17,22H,13-14,16H2,1-6H3,(H2,31,34)(H,32,33);2*1-2H3. The van der Waals surface area contributed by atoms with Crippen molar-refractivity contribution in [3.63, 3.8) is 0 Å². The van der Waals surface area contributed by atoms with Crippen molar-refractivity contribution in [1.82, 2.24) is 4.98 Å². The molecule has 0 aliphatic rings. The molecule has 0 spiro atoms. The largest absolute Gasteiger partial charge is 0.460 e. The van der Waals surface area contributed by atoms with Gasteiger partial charge in [0.05, 0.1) is 11.6 Å². The summed E-state index contributed by atoms with van der Waals surface area (Å²) in [6, 6.07) is 13.0. The summed E-state index contributed by atoms with van der Waals surface area (Å²) in [6.45, 7) is 20.3. The zero-order valence-corrected chi connectivity index (χ0v) is 27.9. The summed E-state index contributed by atoms with van der Waals surface area (Å²) in [5.74, 6) is -0.758. The van der Waals surface area contributed by atoms with Crippen LogP contribution >= 0.6 is 22.9 Å². The van der Waals surface area contributed by atoms with E-state index in [0.717, 1.165) is 33.9 Å². The second-order valence-corrected chi connectivity index (χ2v) is 12.2. The van der Waals surface area contributed by atoms with Crippen LogP contribution in [0, 0.1) is 18.8 Å². The molecule has 3 aromatic rings. The Labute approximate surface area is 256 Å². The molecule has 0 fully saturated rings. The highest BCUT2D eigenvalue weighted by molar-refractivity contribution is 7.16. The number of anilines is 1. The molecule has 1 aromatic heterocycles. The smallest absolute Gasteiger partial charge is 0.311 e. The predicted octanol–water partition coefficient (Wildman–Crippen LogP) is 8.73. The van der Waals surface area contributed by atoms with Gasteiger partial charge in [0.1, 0.15) is 5.60 Å². The molecule has 226 valence electrons. The fraction of sp³-hybridized carbons (Fsp3) is 0.485. The van der Waals surface area contributed by atoms with Crippen LogP contribution in [0.4, 0.5) is 5.13 Å². The van der Waals surface area contributed by atoms with Gasteiger partial charge in [0, 0.05) is 27.6 Å². The van der Waals surface area contributed by atoms with Crippen molar-refractivity contribution in [2.75, 3.05) is 11.9 Å². The predicted molar refractivity (Wildman–Crippen MR) is 175 cm³/mol. The number of thiazole rings is 1. The molecule has 0 saturated heterocycles. The van der Waals surface area contributed by atoms with Crippen LogP contribution in [0.2, 0.25) is 5.02 Å². The minimum Gasteiger partial charge on any atom is -0.460 e. The minimum absolute atomic E-state index is 0.288. The van der Waals surface area contributed by atoms with Gasteiger partial charge in [0.15, 0.2) is 5.13 Å². The van der Waals surface area contributed by atoms with Crippen LogP contribution in [-0.4, -0.2) is 29.0 Å². The van der Waals surface area contributed by atoms with Crippen molar-refractivity contribution in [3.05, 3.63) is 69.1 Å². The van der Waals surface area contributed by atoms with E-state index in [0.29, 0.717) is 29.5 Å². The number of nitrogens with two attached hydrogens (primary N) is 1. The van der Waals surface area contributed by atoms with E-state index in [1.165, 1.54) is 4.88 Å². The highest BCUT2D eigenvalue weighted by Crippen LogP contribution is 2.35. The number of benzene rings is 2.